The van der Waals surface area contributed by atoms with Crippen LogP contribution in [-0.2, 0) is 0 Å². The summed E-state index contributed by atoms with van der Waals surface area (Å²) in [6, 6.07) is 16.8. The number of primary amides is 2. The minimum atomic E-state index is -0.673. The zero-order valence-corrected chi connectivity index (χ0v) is 27.1. The fourth-order valence-electron chi connectivity index (χ4n) is 4.56. The van der Waals surface area contributed by atoms with Crippen LogP contribution in [0, 0.1) is 0 Å². The maximum Gasteiger partial charge on any atom is 0.250 e. The smallest absolute Gasteiger partial charge is 0.250 e. The number of carbonyl (C=O) groups is 3. The van der Waals surface area contributed by atoms with E-state index in [0.717, 1.165) is 6.29 Å². The largest absolute Gasteiger partial charge is 0.495 e. The average Bonchev–Trinajstić information content (AvgIpc) is 3.64. The van der Waals surface area contributed by atoms with Gasteiger partial charge in [0.1, 0.15) is 17.9 Å². The number of hydrogen-bond donors (Lipinski definition) is 6. The average molecular weight is 649 g/mol. The Morgan fingerprint density at radius 1 is 1.00 bits per heavy atom. The Kier molecular flexibility index (Phi) is 13.6. The van der Waals surface area contributed by atoms with Gasteiger partial charge in [-0.3, -0.25) is 14.4 Å². The van der Waals surface area contributed by atoms with Crippen LogP contribution in [0.3, 0.4) is 0 Å². The number of amidine groups is 1. The molecule has 0 spiro atoms. The number of methoxy groups -OCH3 is 1. The van der Waals surface area contributed by atoms with Crippen LogP contribution in [-0.4, -0.2) is 76.5 Å². The first-order valence-electron chi connectivity index (χ1n) is 14.6. The molecule has 0 aromatic heterocycles. The lowest BCUT2D eigenvalue weighted by Gasteiger charge is -2.31. The normalized spacial score (nSPS) is 15.2. The van der Waals surface area contributed by atoms with E-state index in [1.807, 2.05) is 14.1 Å². The van der Waals surface area contributed by atoms with Crippen LogP contribution < -0.4 is 37.5 Å². The predicted molar refractivity (Wildman–Crippen MR) is 185 cm³/mol. The summed E-state index contributed by atoms with van der Waals surface area (Å²) >= 11 is 6.44. The first-order valence-corrected chi connectivity index (χ1v) is 15.0. The molecule has 5 rings (SSSR count). The van der Waals surface area contributed by atoms with E-state index in [9.17, 15) is 14.4 Å². The maximum atomic E-state index is 12.4. The van der Waals surface area contributed by atoms with Crippen LogP contribution in [0.4, 0.5) is 11.4 Å². The lowest BCUT2D eigenvalue weighted by molar-refractivity contribution is 0.0992. The third-order valence-electron chi connectivity index (χ3n) is 6.83. The van der Waals surface area contributed by atoms with Crippen LogP contribution in [0.2, 0.25) is 0 Å². The Morgan fingerprint density at radius 3 is 2.17 bits per heavy atom. The second-order valence-electron chi connectivity index (χ2n) is 10.3. The number of nitrogens with one attached hydrogen (secondary N) is 4. The summed E-state index contributed by atoms with van der Waals surface area (Å²) in [6.07, 6.45) is 4.50. The van der Waals surface area contributed by atoms with Crippen molar-refractivity contribution in [2.45, 2.75) is 19.1 Å². The van der Waals surface area contributed by atoms with Gasteiger partial charge in [-0.15, -0.1) is 0 Å². The number of halogens is 1. The zero-order chi connectivity index (χ0) is 33.6. The summed E-state index contributed by atoms with van der Waals surface area (Å²) in [5.74, 6) is -0.501. The number of anilines is 2. The molecule has 0 aliphatic carbocycles. The molecular weight excluding hydrogens is 608 g/mol. The summed E-state index contributed by atoms with van der Waals surface area (Å²) in [6.45, 7) is 2.50. The number of rotatable bonds is 8. The second-order valence-corrected chi connectivity index (χ2v) is 10.7. The van der Waals surface area contributed by atoms with Crippen molar-refractivity contribution in [1.82, 2.24) is 15.5 Å². The van der Waals surface area contributed by atoms with Crippen LogP contribution in [0.15, 0.2) is 76.9 Å². The number of aldehydes is 1. The molecule has 0 saturated carbocycles. The van der Waals surface area contributed by atoms with Crippen molar-refractivity contribution in [3.63, 3.8) is 0 Å². The van der Waals surface area contributed by atoms with Gasteiger partial charge in [-0.05, 0) is 75.4 Å². The molecule has 1 unspecified atom stereocenters. The quantitative estimate of drug-likeness (QED) is 0.198. The first kappa shape index (κ1) is 35.6. The highest BCUT2D eigenvalue weighted by Crippen LogP contribution is 2.35. The third-order valence-corrected chi connectivity index (χ3v) is 7.11. The number of carbonyl (C=O) groups excluding carboxylic acids is 3. The standard InChI is InChI=1S/C27H25ClN6O4.C4H9N.C2H7N/c1-34-13-20(28)26(31-21-6-4-3-5-17(21)24(29)36)33-27(34)32-22-11-19(25(30)37)18(12-23(22)38-2)16-9-7-15(14-35)8-10-16;1-2-4-5-3-1;1-3-2/h3-14,27,32H,1-2H3,(H2,29,36)(H2,30,37)(H,31,33);5H,1-4H2;3H,1-2H3. The lowest BCUT2D eigenvalue weighted by atomic mass is 9.97. The topological polar surface area (TPSA) is 176 Å². The summed E-state index contributed by atoms with van der Waals surface area (Å²) < 4.78 is 5.60. The molecule has 1 saturated heterocycles. The molecular formula is C33H41ClN8O4. The van der Waals surface area contributed by atoms with E-state index < -0.39 is 18.1 Å². The highest BCUT2D eigenvalue weighted by Gasteiger charge is 2.24. The molecule has 12 nitrogen and oxygen atoms in total. The maximum absolute atomic E-state index is 12.4. The molecule has 3 aromatic carbocycles. The molecule has 0 bridgehead atoms. The first-order chi connectivity index (χ1) is 22.1. The highest BCUT2D eigenvalue weighted by molar-refractivity contribution is 6.45. The van der Waals surface area contributed by atoms with Crippen molar-refractivity contribution in [3.8, 4) is 16.9 Å². The monoisotopic (exact) mass is 648 g/mol. The number of amides is 2. The SMILES string of the molecule is C1CCNC1.CNC.COc1cc(-c2ccc(C=O)cc2)c(C(N)=O)cc1NC1N=C(Nc2ccccc2C(N)=O)C(Cl)=CN1C. The predicted octanol–water partition coefficient (Wildman–Crippen LogP) is 3.81. The Labute approximate surface area is 274 Å². The number of benzene rings is 3. The molecule has 2 aliphatic rings. The number of hydrogen-bond acceptors (Lipinski definition) is 10. The van der Waals surface area contributed by atoms with Crippen LogP contribution in [0.25, 0.3) is 11.1 Å². The minimum absolute atomic E-state index is 0.247. The second kappa shape index (κ2) is 17.5. The van der Waals surface area contributed by atoms with E-state index in [2.05, 4.69) is 26.3 Å². The van der Waals surface area contributed by atoms with E-state index in [-0.39, 0.29) is 11.1 Å². The van der Waals surface area contributed by atoms with E-state index in [4.69, 9.17) is 27.8 Å². The summed E-state index contributed by atoms with van der Waals surface area (Å²) in [5.41, 5.74) is 14.4. The van der Waals surface area contributed by atoms with Crippen LogP contribution in [0.5, 0.6) is 5.75 Å². The van der Waals surface area contributed by atoms with Gasteiger partial charge < -0.3 is 42.4 Å². The zero-order valence-electron chi connectivity index (χ0n) is 26.4. The van der Waals surface area contributed by atoms with Gasteiger partial charge in [0, 0.05) is 24.4 Å². The summed E-state index contributed by atoms with van der Waals surface area (Å²) in [5, 5.41) is 12.6. The molecule has 3 aromatic rings. The lowest BCUT2D eigenvalue weighted by Crippen LogP contribution is -2.38. The van der Waals surface area contributed by atoms with Crippen molar-refractivity contribution in [2.24, 2.45) is 16.5 Å². The Balaban J connectivity index is 0.000000635. The summed E-state index contributed by atoms with van der Waals surface area (Å²) in [7, 11) is 7.02. The number of nitrogens with zero attached hydrogens (tertiary/aromatic N) is 2. The number of aliphatic imine (C=N–C) groups is 1. The van der Waals surface area contributed by atoms with Crippen molar-refractivity contribution in [2.75, 3.05) is 52.0 Å². The van der Waals surface area contributed by atoms with Gasteiger partial charge in [-0.1, -0.05) is 48.0 Å². The van der Waals surface area contributed by atoms with Crippen molar-refractivity contribution < 1.29 is 19.1 Å². The fraction of sp³-hybridized carbons (Fsp3) is 0.273. The molecule has 2 aliphatic heterocycles. The molecule has 13 heteroatoms. The third kappa shape index (κ3) is 9.54. The van der Waals surface area contributed by atoms with Gasteiger partial charge in [-0.25, -0.2) is 4.99 Å². The molecule has 0 radical (unpaired) electrons. The van der Waals surface area contributed by atoms with E-state index >= 15 is 0 Å². The van der Waals surface area contributed by atoms with Gasteiger partial charge >= 0.3 is 0 Å². The van der Waals surface area contributed by atoms with E-state index in [1.165, 1.54) is 33.0 Å². The van der Waals surface area contributed by atoms with Crippen LogP contribution in [0.1, 0.15) is 43.9 Å². The highest BCUT2D eigenvalue weighted by atomic mass is 35.5. The van der Waals surface area contributed by atoms with Crippen molar-refractivity contribution >= 4 is 46.9 Å². The molecule has 1 atom stereocenters. The Morgan fingerprint density at radius 2 is 1.63 bits per heavy atom. The van der Waals surface area contributed by atoms with Crippen LogP contribution >= 0.6 is 11.6 Å². The van der Waals surface area contributed by atoms with Gasteiger partial charge in [0.25, 0.3) is 5.91 Å². The van der Waals surface area contributed by atoms with Gasteiger partial charge in [0.2, 0.25) is 5.91 Å². The molecule has 46 heavy (non-hydrogen) atoms. The molecule has 2 heterocycles. The molecule has 244 valence electrons. The molecule has 2 amide bonds. The summed E-state index contributed by atoms with van der Waals surface area (Å²) in [4.78, 5) is 41.6. The number of para-hydroxylation sites is 1. The fourth-order valence-corrected chi connectivity index (χ4v) is 4.81. The van der Waals surface area contributed by atoms with Crippen molar-refractivity contribution in [3.05, 3.63) is 88.6 Å². The number of ether oxygens (including phenoxy) is 1. The van der Waals surface area contributed by atoms with E-state index in [1.54, 1.807) is 78.8 Å². The van der Waals surface area contributed by atoms with E-state index in [0.29, 0.717) is 44.7 Å². The molecule has 8 N–H and O–H groups in total. The number of nitrogens with two attached hydrogens (primary N) is 2. The minimum Gasteiger partial charge on any atom is -0.495 e. The molecule has 1 fully saturated rings. The van der Waals surface area contributed by atoms with Gasteiger partial charge in [-0.2, -0.15) is 0 Å². The van der Waals surface area contributed by atoms with Crippen molar-refractivity contribution in [1.29, 1.82) is 0 Å². The Bertz CT molecular complexity index is 1560. The van der Waals surface area contributed by atoms with Gasteiger partial charge in [0.05, 0.1) is 29.1 Å². The Hall–Kier alpha value is -4.91. The van der Waals surface area contributed by atoms with Gasteiger partial charge in [0.15, 0.2) is 6.29 Å².